The van der Waals surface area contributed by atoms with Crippen LogP contribution in [0.2, 0.25) is 0 Å². The summed E-state index contributed by atoms with van der Waals surface area (Å²) in [6.45, 7) is 19.8. The van der Waals surface area contributed by atoms with Gasteiger partial charge in [0.25, 0.3) is 11.7 Å². The van der Waals surface area contributed by atoms with Crippen LogP contribution in [0.3, 0.4) is 0 Å². The highest BCUT2D eigenvalue weighted by Gasteiger charge is 2.43. The van der Waals surface area contributed by atoms with Gasteiger partial charge in [-0.15, -0.1) is 18.3 Å². The normalized spacial score (nSPS) is 17.2. The number of hydrogen-bond acceptors (Lipinski definition) is 8. The highest BCUT2D eigenvalue weighted by atomic mass is 32.2. The second-order valence-electron chi connectivity index (χ2n) is 12.0. The number of ketones is 1. The molecule has 0 spiro atoms. The summed E-state index contributed by atoms with van der Waals surface area (Å²) in [4.78, 5) is 79.2. The number of esters is 1. The Kier molecular flexibility index (Phi) is 14.3. The summed E-state index contributed by atoms with van der Waals surface area (Å²) >= 11 is 1.10. The molecular weight excluding hydrogens is 562 g/mol. The predicted molar refractivity (Wildman–Crippen MR) is 162 cm³/mol. The molecule has 5 amide bonds. The van der Waals surface area contributed by atoms with E-state index in [1.807, 2.05) is 0 Å². The van der Waals surface area contributed by atoms with Gasteiger partial charge in [-0.3, -0.25) is 19.2 Å². The molecule has 0 aromatic rings. The smallest absolute Gasteiger partial charge is 0.329 e. The van der Waals surface area contributed by atoms with Crippen LogP contribution in [-0.4, -0.2) is 89.4 Å². The Morgan fingerprint density at radius 3 is 2.07 bits per heavy atom. The van der Waals surface area contributed by atoms with Crippen LogP contribution in [0.25, 0.3) is 0 Å². The monoisotopic (exact) mass is 609 g/mol. The zero-order valence-corrected chi connectivity index (χ0v) is 26.7. The van der Waals surface area contributed by atoms with Crippen LogP contribution in [0.5, 0.6) is 0 Å². The molecule has 1 heterocycles. The minimum absolute atomic E-state index is 0.0149. The average molecular weight is 610 g/mol. The van der Waals surface area contributed by atoms with E-state index < -0.39 is 69.8 Å². The van der Waals surface area contributed by atoms with E-state index in [0.717, 1.165) is 11.8 Å². The van der Waals surface area contributed by atoms with Gasteiger partial charge in [0, 0.05) is 13.1 Å². The Hall–Kier alpha value is -3.35. The first kappa shape index (κ1) is 36.7. The summed E-state index contributed by atoms with van der Waals surface area (Å²) in [7, 11) is 0. The molecule has 42 heavy (non-hydrogen) atoms. The van der Waals surface area contributed by atoms with E-state index in [1.54, 1.807) is 48.5 Å². The van der Waals surface area contributed by atoms with Gasteiger partial charge in [-0.1, -0.05) is 67.2 Å². The van der Waals surface area contributed by atoms with Crippen LogP contribution >= 0.6 is 11.8 Å². The van der Waals surface area contributed by atoms with Crippen molar-refractivity contribution < 1.29 is 33.5 Å². The summed E-state index contributed by atoms with van der Waals surface area (Å²) < 4.78 is 5.15. The molecule has 4 N–H and O–H groups in total. The molecule has 0 radical (unpaired) electrons. The lowest BCUT2D eigenvalue weighted by Gasteiger charge is -2.36. The molecule has 12 nitrogen and oxygen atoms in total. The van der Waals surface area contributed by atoms with E-state index in [1.165, 1.54) is 17.1 Å². The van der Waals surface area contributed by atoms with Crippen LogP contribution in [0, 0.1) is 10.8 Å². The molecule has 4 unspecified atom stereocenters. The molecule has 1 aliphatic rings. The van der Waals surface area contributed by atoms with Crippen LogP contribution in [0.15, 0.2) is 25.3 Å². The standard InChI is InChI=1S/C29H47N5O7S/c1-10-15-30-23(37)19(35)24(42-12-3)33-22(36)18-14-13-16-34(18)25(38)20(28(4,5)6)31-27(40)32-21(29(7,8)9)26(39)41-17-11-2/h10-11,18,20-21,24H,1-2,12-17H2,3-9H3,(H,30,37)(H,33,36)(H2,31,32,40). The lowest BCUT2D eigenvalue weighted by atomic mass is 9.85. The topological polar surface area (TPSA) is 163 Å². The fourth-order valence-electron chi connectivity index (χ4n) is 4.22. The quantitative estimate of drug-likeness (QED) is 0.100. The van der Waals surface area contributed by atoms with E-state index >= 15 is 0 Å². The number of carbonyl (C=O) groups excluding carboxylic acids is 6. The molecule has 1 saturated heterocycles. The second-order valence-corrected chi connectivity index (χ2v) is 13.4. The van der Waals surface area contributed by atoms with Crippen LogP contribution in [0.1, 0.15) is 61.3 Å². The highest BCUT2D eigenvalue weighted by Crippen LogP contribution is 2.27. The Labute approximate surface area is 253 Å². The largest absolute Gasteiger partial charge is 0.460 e. The van der Waals surface area contributed by atoms with E-state index in [2.05, 4.69) is 34.4 Å². The lowest BCUT2D eigenvalue weighted by Crippen LogP contribution is -2.61. The maximum absolute atomic E-state index is 13.8. The summed E-state index contributed by atoms with van der Waals surface area (Å²) in [6, 6.07) is -3.70. The molecule has 1 rings (SSSR count). The maximum atomic E-state index is 13.8. The second kappa shape index (κ2) is 16.3. The Bertz CT molecular complexity index is 1030. The van der Waals surface area contributed by atoms with Gasteiger partial charge < -0.3 is 30.9 Å². The molecule has 1 fully saturated rings. The molecule has 0 aromatic carbocycles. The van der Waals surface area contributed by atoms with Crippen molar-refractivity contribution in [3.63, 3.8) is 0 Å². The number of thioether (sulfide) groups is 1. The molecule has 13 heteroatoms. The Balaban J connectivity index is 3.11. The number of urea groups is 1. The molecule has 0 aliphatic carbocycles. The number of likely N-dealkylation sites (tertiary alicyclic amines) is 1. The SMILES string of the molecule is C=CCNC(=O)C(=O)C(NC(=O)C1CCCN1C(=O)C(NC(=O)NC(C(=O)OCC=C)C(C)(C)C)C(C)(C)C)SCC. The molecule has 4 atom stereocenters. The van der Waals surface area contributed by atoms with Gasteiger partial charge in [0.15, 0.2) is 0 Å². The van der Waals surface area contributed by atoms with Gasteiger partial charge in [-0.2, -0.15) is 0 Å². The van der Waals surface area contributed by atoms with Crippen LogP contribution in [-0.2, 0) is 28.7 Å². The molecular formula is C29H47N5O7S. The van der Waals surface area contributed by atoms with Gasteiger partial charge >= 0.3 is 12.0 Å². The molecule has 1 aliphatic heterocycles. The Morgan fingerprint density at radius 2 is 1.55 bits per heavy atom. The fraction of sp³-hybridized carbons (Fsp3) is 0.655. The Morgan fingerprint density at radius 1 is 0.952 bits per heavy atom. The van der Waals surface area contributed by atoms with Crippen molar-refractivity contribution >= 4 is 47.3 Å². The lowest BCUT2D eigenvalue weighted by molar-refractivity contribution is -0.147. The molecule has 0 saturated carbocycles. The maximum Gasteiger partial charge on any atom is 0.329 e. The van der Waals surface area contributed by atoms with E-state index in [-0.39, 0.29) is 19.7 Å². The number of carbonyl (C=O) groups is 6. The van der Waals surface area contributed by atoms with Gasteiger partial charge in [0.1, 0.15) is 30.1 Å². The fourth-order valence-corrected chi connectivity index (χ4v) is 5.01. The number of nitrogens with one attached hydrogen (secondary N) is 4. The number of hydrogen-bond donors (Lipinski definition) is 4. The summed E-state index contributed by atoms with van der Waals surface area (Å²) in [5, 5.41) is 9.25. The number of Topliss-reactive ketones (excluding diaryl/α,β-unsaturated/α-hetero) is 1. The predicted octanol–water partition coefficient (Wildman–Crippen LogP) is 1.90. The van der Waals surface area contributed by atoms with Gasteiger partial charge in [0.05, 0.1) is 0 Å². The average Bonchev–Trinajstić information content (AvgIpc) is 3.40. The van der Waals surface area contributed by atoms with Crippen molar-refractivity contribution in [1.29, 1.82) is 0 Å². The van der Waals surface area contributed by atoms with Crippen molar-refractivity contribution in [2.75, 3.05) is 25.4 Å². The van der Waals surface area contributed by atoms with E-state index in [0.29, 0.717) is 18.6 Å². The van der Waals surface area contributed by atoms with Crippen molar-refractivity contribution in [3.8, 4) is 0 Å². The van der Waals surface area contributed by atoms with Crippen molar-refractivity contribution in [3.05, 3.63) is 25.3 Å². The third-order valence-electron chi connectivity index (χ3n) is 6.42. The van der Waals surface area contributed by atoms with Gasteiger partial charge in [-0.05, 0) is 29.4 Å². The van der Waals surface area contributed by atoms with Crippen molar-refractivity contribution in [2.45, 2.75) is 84.8 Å². The number of rotatable bonds is 14. The third-order valence-corrected chi connectivity index (χ3v) is 7.42. The summed E-state index contributed by atoms with van der Waals surface area (Å²) in [5.74, 6) is -2.87. The number of amides is 5. The first-order valence-electron chi connectivity index (χ1n) is 14.0. The highest BCUT2D eigenvalue weighted by molar-refractivity contribution is 8.00. The minimum atomic E-state index is -1.12. The van der Waals surface area contributed by atoms with E-state index in [9.17, 15) is 28.8 Å². The van der Waals surface area contributed by atoms with E-state index in [4.69, 9.17) is 4.74 Å². The molecule has 0 bridgehead atoms. The zero-order chi connectivity index (χ0) is 32.3. The van der Waals surface area contributed by atoms with Gasteiger partial charge in [-0.25, -0.2) is 9.59 Å². The van der Waals surface area contributed by atoms with Crippen molar-refractivity contribution in [1.82, 2.24) is 26.2 Å². The first-order valence-corrected chi connectivity index (χ1v) is 15.0. The van der Waals surface area contributed by atoms with Crippen LogP contribution in [0.4, 0.5) is 4.79 Å². The molecule has 0 aromatic heterocycles. The number of nitrogens with zero attached hydrogens (tertiary/aromatic N) is 1. The minimum Gasteiger partial charge on any atom is -0.460 e. The molecule has 236 valence electrons. The third kappa shape index (κ3) is 10.8. The number of ether oxygens (including phenoxy) is 1. The zero-order valence-electron chi connectivity index (χ0n) is 25.8. The first-order chi connectivity index (χ1) is 19.5. The summed E-state index contributed by atoms with van der Waals surface area (Å²) in [6.07, 6.45) is 3.74. The van der Waals surface area contributed by atoms with Gasteiger partial charge in [0.2, 0.25) is 11.8 Å². The summed E-state index contributed by atoms with van der Waals surface area (Å²) in [5.41, 5.74) is -1.46. The van der Waals surface area contributed by atoms with Crippen LogP contribution < -0.4 is 21.3 Å². The van der Waals surface area contributed by atoms with Crippen molar-refractivity contribution in [2.24, 2.45) is 10.8 Å².